The van der Waals surface area contributed by atoms with Crippen molar-refractivity contribution in [3.63, 3.8) is 0 Å². The van der Waals surface area contributed by atoms with E-state index in [9.17, 15) is 13.6 Å². The zero-order valence-electron chi connectivity index (χ0n) is 20.8. The minimum Gasteiger partial charge on any atom is -0.424 e. The number of aromatic nitrogens is 2. The number of nitrogens with zero attached hydrogens (tertiary/aromatic N) is 2. The molecule has 186 valence electrons. The fourth-order valence-electron chi connectivity index (χ4n) is 3.73. The van der Waals surface area contributed by atoms with Gasteiger partial charge in [0.15, 0.2) is 5.82 Å². The van der Waals surface area contributed by atoms with Crippen molar-refractivity contribution in [2.75, 3.05) is 0 Å². The van der Waals surface area contributed by atoms with E-state index in [0.717, 1.165) is 41.5 Å². The van der Waals surface area contributed by atoms with Gasteiger partial charge >= 0.3 is 5.97 Å². The van der Waals surface area contributed by atoms with Gasteiger partial charge in [0.1, 0.15) is 5.75 Å². The molecule has 1 aromatic heterocycles. The summed E-state index contributed by atoms with van der Waals surface area (Å²) in [4.78, 5) is 21.2. The van der Waals surface area contributed by atoms with Crippen LogP contribution in [0.25, 0.3) is 22.5 Å². The van der Waals surface area contributed by atoms with Gasteiger partial charge in [-0.3, -0.25) is 0 Å². The summed E-state index contributed by atoms with van der Waals surface area (Å²) in [6.07, 6.45) is 7.68. The van der Waals surface area contributed by atoms with Crippen LogP contribution in [0, 0.1) is 0 Å². The second kappa shape index (κ2) is 12.5. The Morgan fingerprint density at radius 2 is 1.57 bits per heavy atom. The first-order chi connectivity index (χ1) is 16.8. The minimum atomic E-state index is -2.00. The van der Waals surface area contributed by atoms with Crippen LogP contribution in [0.1, 0.15) is 64.9 Å². The number of aryl methyl sites for hydroxylation is 1. The maximum Gasteiger partial charge on any atom is 0.348 e. The maximum absolute atomic E-state index is 14.7. The van der Waals surface area contributed by atoms with Crippen LogP contribution in [-0.4, -0.2) is 27.8 Å². The third-order valence-electron chi connectivity index (χ3n) is 6.02. The van der Waals surface area contributed by atoms with Gasteiger partial charge in [0.25, 0.3) is 0 Å². The van der Waals surface area contributed by atoms with Gasteiger partial charge < -0.3 is 4.74 Å². The monoisotopic (exact) mass is 480 g/mol. The van der Waals surface area contributed by atoms with Crippen LogP contribution in [-0.2, 0) is 11.2 Å². The predicted octanol–water partition coefficient (Wildman–Crippen LogP) is 7.71. The smallest absolute Gasteiger partial charge is 0.348 e. The average molecular weight is 481 g/mol. The molecule has 1 heterocycles. The van der Waals surface area contributed by atoms with Crippen LogP contribution in [0.15, 0.2) is 60.9 Å². The standard InChI is InChI=1S/C29H34F2N2O2/c1-4-5-6-7-18-29(3,31)28(34)35-26-16-14-23(15-17-26)25-19-32-27(33-20-25)24-12-10-22(11-13-24)9-8-21(2)30/h10-17,19-21H,4-9,18H2,1-3H3/t21-,29-/m0/s1. The number of hydrogen-bond donors (Lipinski definition) is 0. The largest absolute Gasteiger partial charge is 0.424 e. The highest BCUT2D eigenvalue weighted by Crippen LogP contribution is 2.26. The van der Waals surface area contributed by atoms with E-state index in [2.05, 4.69) is 16.9 Å². The Bertz CT molecular complexity index is 1060. The number of rotatable bonds is 12. The Balaban J connectivity index is 1.59. The molecule has 3 rings (SSSR count). The van der Waals surface area contributed by atoms with E-state index in [-0.39, 0.29) is 6.42 Å². The average Bonchev–Trinajstić information content (AvgIpc) is 2.86. The quantitative estimate of drug-likeness (QED) is 0.151. The van der Waals surface area contributed by atoms with E-state index < -0.39 is 17.8 Å². The summed E-state index contributed by atoms with van der Waals surface area (Å²) < 4.78 is 33.0. The molecule has 0 spiro atoms. The van der Waals surface area contributed by atoms with E-state index in [1.807, 2.05) is 24.3 Å². The highest BCUT2D eigenvalue weighted by atomic mass is 19.1. The van der Waals surface area contributed by atoms with Crippen molar-refractivity contribution in [1.82, 2.24) is 9.97 Å². The lowest BCUT2D eigenvalue weighted by molar-refractivity contribution is -0.147. The van der Waals surface area contributed by atoms with E-state index >= 15 is 0 Å². The van der Waals surface area contributed by atoms with Gasteiger partial charge in [0.2, 0.25) is 5.67 Å². The van der Waals surface area contributed by atoms with Crippen LogP contribution in [0.2, 0.25) is 0 Å². The number of ether oxygens (including phenoxy) is 1. The maximum atomic E-state index is 14.7. The zero-order chi connectivity index (χ0) is 25.3. The van der Waals surface area contributed by atoms with Crippen molar-refractivity contribution < 1.29 is 18.3 Å². The molecule has 0 fully saturated rings. The van der Waals surface area contributed by atoms with Gasteiger partial charge in [0, 0.05) is 23.5 Å². The van der Waals surface area contributed by atoms with Gasteiger partial charge in [-0.1, -0.05) is 62.6 Å². The molecule has 0 aliphatic heterocycles. The van der Waals surface area contributed by atoms with Crippen LogP contribution < -0.4 is 4.74 Å². The number of esters is 1. The van der Waals surface area contributed by atoms with E-state index in [1.54, 1.807) is 43.6 Å². The second-order valence-electron chi connectivity index (χ2n) is 9.23. The molecular weight excluding hydrogens is 446 g/mol. The topological polar surface area (TPSA) is 52.1 Å². The molecule has 2 atom stereocenters. The predicted molar refractivity (Wildman–Crippen MR) is 136 cm³/mol. The number of alkyl halides is 2. The van der Waals surface area contributed by atoms with Crippen molar-refractivity contribution in [1.29, 1.82) is 0 Å². The lowest BCUT2D eigenvalue weighted by Gasteiger charge is -2.18. The normalized spacial score (nSPS) is 13.7. The number of carbonyl (C=O) groups excluding carboxylic acids is 1. The molecule has 0 saturated carbocycles. The van der Waals surface area contributed by atoms with E-state index in [1.165, 1.54) is 6.92 Å². The first kappa shape index (κ1) is 26.5. The fourth-order valence-corrected chi connectivity index (χ4v) is 3.73. The first-order valence-electron chi connectivity index (χ1n) is 12.4. The molecule has 0 aliphatic carbocycles. The van der Waals surface area contributed by atoms with Crippen molar-refractivity contribution in [3.8, 4) is 28.3 Å². The Morgan fingerprint density at radius 1 is 0.943 bits per heavy atom. The summed E-state index contributed by atoms with van der Waals surface area (Å²) in [5.74, 6) is 0.0431. The van der Waals surface area contributed by atoms with Crippen molar-refractivity contribution in [2.45, 2.75) is 77.6 Å². The Labute approximate surface area is 206 Å². The fraction of sp³-hybridized carbons (Fsp3) is 0.414. The highest BCUT2D eigenvalue weighted by Gasteiger charge is 2.34. The Kier molecular flexibility index (Phi) is 9.47. The summed E-state index contributed by atoms with van der Waals surface area (Å²) in [5, 5.41) is 0. The van der Waals surface area contributed by atoms with Gasteiger partial charge in [-0.25, -0.2) is 23.5 Å². The SMILES string of the molecule is CCCCCC[C@](C)(F)C(=O)Oc1ccc(-c2cnc(-c3ccc(CC[C@H](C)F)cc3)nc2)cc1. The van der Waals surface area contributed by atoms with Crippen molar-refractivity contribution in [2.24, 2.45) is 0 Å². The van der Waals surface area contributed by atoms with Gasteiger partial charge in [-0.05, 0) is 62.8 Å². The summed E-state index contributed by atoms with van der Waals surface area (Å²) in [6.45, 7) is 4.94. The number of halogens is 2. The van der Waals surface area contributed by atoms with Crippen molar-refractivity contribution in [3.05, 3.63) is 66.5 Å². The molecule has 4 nitrogen and oxygen atoms in total. The molecule has 6 heteroatoms. The third kappa shape index (κ3) is 7.94. The zero-order valence-corrected chi connectivity index (χ0v) is 20.8. The van der Waals surface area contributed by atoms with Crippen LogP contribution in [0.5, 0.6) is 5.75 Å². The van der Waals surface area contributed by atoms with Gasteiger partial charge in [-0.2, -0.15) is 0 Å². The molecule has 0 bridgehead atoms. The number of hydrogen-bond acceptors (Lipinski definition) is 4. The van der Waals surface area contributed by atoms with Crippen LogP contribution in [0.4, 0.5) is 8.78 Å². The van der Waals surface area contributed by atoms with Crippen LogP contribution in [0.3, 0.4) is 0 Å². The molecular formula is C29H34F2N2O2. The number of benzene rings is 2. The highest BCUT2D eigenvalue weighted by molar-refractivity contribution is 5.81. The summed E-state index contributed by atoms with van der Waals surface area (Å²) in [7, 11) is 0. The van der Waals surface area contributed by atoms with Gasteiger partial charge in [-0.15, -0.1) is 0 Å². The molecule has 0 saturated heterocycles. The first-order valence-corrected chi connectivity index (χ1v) is 12.4. The molecule has 35 heavy (non-hydrogen) atoms. The molecule has 0 radical (unpaired) electrons. The number of carbonyl (C=O) groups is 1. The van der Waals surface area contributed by atoms with Crippen molar-refractivity contribution >= 4 is 5.97 Å². The Hall–Kier alpha value is -3.15. The Morgan fingerprint density at radius 3 is 2.17 bits per heavy atom. The molecule has 0 unspecified atom stereocenters. The molecule has 3 aromatic rings. The molecule has 0 amide bonds. The summed E-state index contributed by atoms with van der Waals surface area (Å²) in [6, 6.07) is 14.7. The van der Waals surface area contributed by atoms with Crippen LogP contribution >= 0.6 is 0 Å². The molecule has 0 N–H and O–H groups in total. The second-order valence-corrected chi connectivity index (χ2v) is 9.23. The third-order valence-corrected chi connectivity index (χ3v) is 6.02. The van der Waals surface area contributed by atoms with E-state index in [0.29, 0.717) is 30.8 Å². The van der Waals surface area contributed by atoms with E-state index in [4.69, 9.17) is 4.74 Å². The molecule has 0 aliphatic rings. The van der Waals surface area contributed by atoms with Gasteiger partial charge in [0.05, 0.1) is 6.17 Å². The summed E-state index contributed by atoms with van der Waals surface area (Å²) >= 11 is 0. The number of unbranched alkanes of at least 4 members (excludes halogenated alkanes) is 3. The minimum absolute atomic E-state index is 0.160. The summed E-state index contributed by atoms with van der Waals surface area (Å²) in [5.41, 5.74) is 1.64. The lowest BCUT2D eigenvalue weighted by atomic mass is 10.00. The molecule has 2 aromatic carbocycles. The lowest BCUT2D eigenvalue weighted by Crippen LogP contribution is -2.34.